The molecule has 0 bridgehead atoms. The van der Waals surface area contributed by atoms with E-state index >= 15 is 0 Å². The third kappa shape index (κ3) is 2.80. The number of nitrogens with zero attached hydrogens (tertiary/aromatic N) is 4. The van der Waals surface area contributed by atoms with Crippen molar-refractivity contribution in [1.29, 1.82) is 0 Å². The lowest BCUT2D eigenvalue weighted by Gasteiger charge is -2.33. The molecule has 2 aromatic rings. The zero-order chi connectivity index (χ0) is 12.5. The molecule has 1 aromatic heterocycles. The van der Waals surface area contributed by atoms with Crippen molar-refractivity contribution in [2.45, 2.75) is 6.92 Å². The van der Waals surface area contributed by atoms with E-state index in [9.17, 15) is 0 Å². The van der Waals surface area contributed by atoms with E-state index in [0.29, 0.717) is 0 Å². The van der Waals surface area contributed by atoms with Gasteiger partial charge in [-0.25, -0.2) is 9.97 Å². The number of rotatable bonds is 1. The Morgan fingerprint density at radius 1 is 1.05 bits per heavy atom. The van der Waals surface area contributed by atoms with E-state index in [-0.39, 0.29) is 12.4 Å². The second-order valence-electron chi connectivity index (χ2n) is 5.01. The van der Waals surface area contributed by atoms with Gasteiger partial charge >= 0.3 is 0 Å². The van der Waals surface area contributed by atoms with Crippen LogP contribution in [0.4, 0.5) is 5.82 Å². The summed E-state index contributed by atoms with van der Waals surface area (Å²) in [7, 11) is 2.17. The minimum absolute atomic E-state index is 0. The minimum atomic E-state index is 0. The summed E-state index contributed by atoms with van der Waals surface area (Å²) in [6, 6.07) is 6.36. The van der Waals surface area contributed by atoms with Crippen molar-refractivity contribution in [2.24, 2.45) is 0 Å². The number of likely N-dealkylation sites (N-methyl/N-ethyl adjacent to an activating group) is 1. The molecule has 0 spiro atoms. The molecule has 0 atom stereocenters. The van der Waals surface area contributed by atoms with Crippen LogP contribution in [0.15, 0.2) is 24.5 Å². The Morgan fingerprint density at radius 3 is 2.53 bits per heavy atom. The number of hydrogen-bond acceptors (Lipinski definition) is 4. The van der Waals surface area contributed by atoms with E-state index in [1.54, 1.807) is 6.33 Å². The molecule has 102 valence electrons. The van der Waals surface area contributed by atoms with Gasteiger partial charge in [0.25, 0.3) is 0 Å². The van der Waals surface area contributed by atoms with Crippen molar-refractivity contribution in [3.05, 3.63) is 30.1 Å². The molecule has 1 fully saturated rings. The summed E-state index contributed by atoms with van der Waals surface area (Å²) in [6.07, 6.45) is 1.67. The Balaban J connectivity index is 0.00000133. The summed E-state index contributed by atoms with van der Waals surface area (Å²) >= 11 is 0. The number of halogens is 1. The molecule has 2 heterocycles. The number of aryl methyl sites for hydroxylation is 1. The molecule has 0 N–H and O–H groups in total. The van der Waals surface area contributed by atoms with Crippen LogP contribution in [0.1, 0.15) is 5.56 Å². The fourth-order valence-electron chi connectivity index (χ4n) is 2.43. The molecular formula is C14H19ClN4. The van der Waals surface area contributed by atoms with E-state index < -0.39 is 0 Å². The average molecular weight is 279 g/mol. The zero-order valence-corrected chi connectivity index (χ0v) is 12.2. The third-order valence-corrected chi connectivity index (χ3v) is 3.57. The molecule has 0 unspecified atom stereocenters. The molecule has 1 aliphatic rings. The molecule has 0 amide bonds. The van der Waals surface area contributed by atoms with Crippen molar-refractivity contribution in [3.63, 3.8) is 0 Å². The second kappa shape index (κ2) is 5.72. The minimum Gasteiger partial charge on any atom is -0.353 e. The van der Waals surface area contributed by atoms with Crippen LogP contribution in [0.3, 0.4) is 0 Å². The van der Waals surface area contributed by atoms with Gasteiger partial charge in [-0.05, 0) is 26.1 Å². The van der Waals surface area contributed by atoms with Crippen LogP contribution in [0.2, 0.25) is 0 Å². The van der Waals surface area contributed by atoms with Gasteiger partial charge < -0.3 is 9.80 Å². The van der Waals surface area contributed by atoms with Crippen LogP contribution in [0.5, 0.6) is 0 Å². The molecule has 4 nitrogen and oxygen atoms in total. The Kier molecular flexibility index (Phi) is 4.22. The highest BCUT2D eigenvalue weighted by Gasteiger charge is 2.17. The SMILES string of the molecule is Cc1ccc2ncnc(N3CCN(C)CC3)c2c1.Cl. The molecule has 19 heavy (non-hydrogen) atoms. The third-order valence-electron chi connectivity index (χ3n) is 3.57. The van der Waals surface area contributed by atoms with Crippen LogP contribution in [0, 0.1) is 6.92 Å². The molecule has 1 saturated heterocycles. The predicted octanol–water partition coefficient (Wildman–Crippen LogP) is 2.11. The molecule has 0 radical (unpaired) electrons. The quantitative estimate of drug-likeness (QED) is 0.800. The number of aromatic nitrogens is 2. The molecule has 1 aromatic carbocycles. The molecule has 1 aliphatic heterocycles. The first kappa shape index (κ1) is 14.0. The van der Waals surface area contributed by atoms with E-state index in [1.807, 2.05) is 0 Å². The Labute approximate surface area is 119 Å². The van der Waals surface area contributed by atoms with Gasteiger partial charge in [-0.2, -0.15) is 0 Å². The number of hydrogen-bond donors (Lipinski definition) is 0. The van der Waals surface area contributed by atoms with Crippen LogP contribution >= 0.6 is 12.4 Å². The Bertz CT molecular complexity index is 564. The summed E-state index contributed by atoms with van der Waals surface area (Å²) in [5.74, 6) is 1.08. The lowest BCUT2D eigenvalue weighted by Crippen LogP contribution is -2.44. The van der Waals surface area contributed by atoms with Gasteiger partial charge in [-0.1, -0.05) is 11.6 Å². The highest BCUT2D eigenvalue weighted by atomic mass is 35.5. The Morgan fingerprint density at radius 2 is 1.79 bits per heavy atom. The van der Waals surface area contributed by atoms with E-state index in [0.717, 1.165) is 37.5 Å². The maximum absolute atomic E-state index is 4.49. The molecule has 3 rings (SSSR count). The Hall–Kier alpha value is -1.39. The zero-order valence-electron chi connectivity index (χ0n) is 11.3. The van der Waals surface area contributed by atoms with Gasteiger partial charge in [0.1, 0.15) is 12.1 Å². The lowest BCUT2D eigenvalue weighted by molar-refractivity contribution is 0.312. The van der Waals surface area contributed by atoms with Gasteiger partial charge in [-0.15, -0.1) is 12.4 Å². The van der Waals surface area contributed by atoms with Crippen molar-refractivity contribution in [3.8, 4) is 0 Å². The van der Waals surface area contributed by atoms with Gasteiger partial charge in [0.15, 0.2) is 0 Å². The van der Waals surface area contributed by atoms with Crippen molar-refractivity contribution in [2.75, 3.05) is 38.1 Å². The molecule has 0 aliphatic carbocycles. The number of anilines is 1. The molecule has 5 heteroatoms. The van der Waals surface area contributed by atoms with E-state index in [2.05, 4.69) is 51.9 Å². The summed E-state index contributed by atoms with van der Waals surface area (Å²) in [5, 5.41) is 1.17. The highest BCUT2D eigenvalue weighted by molar-refractivity contribution is 5.89. The second-order valence-corrected chi connectivity index (χ2v) is 5.01. The summed E-state index contributed by atoms with van der Waals surface area (Å²) in [6.45, 7) is 6.38. The maximum Gasteiger partial charge on any atom is 0.139 e. The normalized spacial score (nSPS) is 16.4. The maximum atomic E-state index is 4.49. The summed E-state index contributed by atoms with van der Waals surface area (Å²) < 4.78 is 0. The number of fused-ring (bicyclic) bond motifs is 1. The fraction of sp³-hybridized carbons (Fsp3) is 0.429. The van der Waals surface area contributed by atoms with Crippen LogP contribution in [0.25, 0.3) is 10.9 Å². The lowest BCUT2D eigenvalue weighted by atomic mass is 10.1. The first-order valence-corrected chi connectivity index (χ1v) is 6.39. The smallest absolute Gasteiger partial charge is 0.139 e. The first-order valence-electron chi connectivity index (χ1n) is 6.39. The predicted molar refractivity (Wildman–Crippen MR) is 81.2 cm³/mol. The molecular weight excluding hydrogens is 260 g/mol. The van der Waals surface area contributed by atoms with Gasteiger partial charge in [0, 0.05) is 31.6 Å². The highest BCUT2D eigenvalue weighted by Crippen LogP contribution is 2.24. The monoisotopic (exact) mass is 278 g/mol. The molecule has 0 saturated carbocycles. The van der Waals surface area contributed by atoms with Crippen LogP contribution in [-0.4, -0.2) is 48.1 Å². The van der Waals surface area contributed by atoms with E-state index in [4.69, 9.17) is 0 Å². The standard InChI is InChI=1S/C14H18N4.ClH/c1-11-3-4-13-12(9-11)14(16-10-15-13)18-7-5-17(2)6-8-18;/h3-4,9-10H,5-8H2,1-2H3;1H. The van der Waals surface area contributed by atoms with Crippen LogP contribution in [-0.2, 0) is 0 Å². The fourth-order valence-corrected chi connectivity index (χ4v) is 2.43. The van der Waals surface area contributed by atoms with Crippen LogP contribution < -0.4 is 4.90 Å². The van der Waals surface area contributed by atoms with Crippen molar-refractivity contribution < 1.29 is 0 Å². The van der Waals surface area contributed by atoms with Crippen molar-refractivity contribution >= 4 is 29.1 Å². The topological polar surface area (TPSA) is 32.3 Å². The van der Waals surface area contributed by atoms with Crippen molar-refractivity contribution in [1.82, 2.24) is 14.9 Å². The summed E-state index contributed by atoms with van der Waals surface area (Å²) in [4.78, 5) is 13.6. The number of piperazine rings is 1. The van der Waals surface area contributed by atoms with E-state index in [1.165, 1.54) is 10.9 Å². The number of benzene rings is 1. The largest absolute Gasteiger partial charge is 0.353 e. The first-order chi connectivity index (χ1) is 8.74. The summed E-state index contributed by atoms with van der Waals surface area (Å²) in [5.41, 5.74) is 2.29. The van der Waals surface area contributed by atoms with Gasteiger partial charge in [0.05, 0.1) is 5.52 Å². The van der Waals surface area contributed by atoms with Gasteiger partial charge in [0.2, 0.25) is 0 Å². The van der Waals surface area contributed by atoms with Gasteiger partial charge in [-0.3, -0.25) is 0 Å². The average Bonchev–Trinajstić information content (AvgIpc) is 2.39.